The van der Waals surface area contributed by atoms with Gasteiger partial charge < -0.3 is 0 Å². The van der Waals surface area contributed by atoms with E-state index in [9.17, 15) is 0 Å². The number of rotatable bonds is 5. The highest BCUT2D eigenvalue weighted by molar-refractivity contribution is 6.21. The second-order valence-corrected chi connectivity index (χ2v) is 7.06. The molecule has 0 saturated heterocycles. The van der Waals surface area contributed by atoms with Crippen LogP contribution in [0.15, 0.2) is 24.3 Å². The summed E-state index contributed by atoms with van der Waals surface area (Å²) in [5.74, 6) is 2.63. The quantitative estimate of drug-likeness (QED) is 0.601. The summed E-state index contributed by atoms with van der Waals surface area (Å²) in [4.78, 5) is 0. The van der Waals surface area contributed by atoms with Crippen LogP contribution in [0.5, 0.6) is 0 Å². The van der Waals surface area contributed by atoms with Gasteiger partial charge in [0.05, 0.1) is 5.38 Å². The Balaban J connectivity index is 1.65. The molecule has 2 saturated carbocycles. The van der Waals surface area contributed by atoms with E-state index in [-0.39, 0.29) is 5.38 Å². The van der Waals surface area contributed by atoms with Crippen molar-refractivity contribution in [1.29, 1.82) is 0 Å². The SMILES string of the molecule is CCCCc1ccc(C(Cl)C2CC3CCC2C3)cc1. The molecule has 2 bridgehead atoms. The summed E-state index contributed by atoms with van der Waals surface area (Å²) in [6.45, 7) is 2.25. The van der Waals surface area contributed by atoms with Crippen LogP contribution in [-0.2, 0) is 6.42 Å². The fraction of sp³-hybridized carbons (Fsp3) is 0.667. The van der Waals surface area contributed by atoms with Crippen LogP contribution >= 0.6 is 11.6 Å². The topological polar surface area (TPSA) is 0 Å². The molecule has 1 aromatic carbocycles. The first-order valence-corrected chi connectivity index (χ1v) is 8.44. The lowest BCUT2D eigenvalue weighted by molar-refractivity contribution is 0.323. The Morgan fingerprint density at radius 1 is 1.16 bits per heavy atom. The van der Waals surface area contributed by atoms with Gasteiger partial charge in [-0.05, 0) is 61.0 Å². The molecule has 0 amide bonds. The molecule has 104 valence electrons. The van der Waals surface area contributed by atoms with E-state index in [1.54, 1.807) is 0 Å². The molecule has 2 aliphatic carbocycles. The highest BCUT2D eigenvalue weighted by Crippen LogP contribution is 2.54. The number of fused-ring (bicyclic) bond motifs is 2. The largest absolute Gasteiger partial charge is 0.118 e. The van der Waals surface area contributed by atoms with E-state index in [2.05, 4.69) is 31.2 Å². The molecule has 1 aromatic rings. The molecule has 0 aromatic heterocycles. The van der Waals surface area contributed by atoms with Crippen molar-refractivity contribution in [2.75, 3.05) is 0 Å². The molecule has 2 fully saturated rings. The molecule has 0 heterocycles. The number of halogens is 1. The van der Waals surface area contributed by atoms with Gasteiger partial charge >= 0.3 is 0 Å². The van der Waals surface area contributed by atoms with Crippen molar-refractivity contribution in [1.82, 2.24) is 0 Å². The van der Waals surface area contributed by atoms with E-state index in [4.69, 9.17) is 11.6 Å². The van der Waals surface area contributed by atoms with E-state index in [0.717, 1.165) is 17.8 Å². The van der Waals surface area contributed by atoms with Crippen molar-refractivity contribution in [3.63, 3.8) is 0 Å². The van der Waals surface area contributed by atoms with Crippen LogP contribution in [0.4, 0.5) is 0 Å². The lowest BCUT2D eigenvalue weighted by atomic mass is 9.83. The van der Waals surface area contributed by atoms with Gasteiger partial charge in [-0.2, -0.15) is 0 Å². The maximum atomic E-state index is 6.76. The van der Waals surface area contributed by atoms with Crippen molar-refractivity contribution >= 4 is 11.6 Å². The molecule has 3 rings (SSSR count). The summed E-state index contributed by atoms with van der Waals surface area (Å²) in [5, 5.41) is 0.246. The van der Waals surface area contributed by atoms with Crippen molar-refractivity contribution in [3.8, 4) is 0 Å². The molecular formula is C18H25Cl. The molecule has 0 radical (unpaired) electrons. The second-order valence-electron chi connectivity index (χ2n) is 6.59. The van der Waals surface area contributed by atoms with Gasteiger partial charge in [-0.1, -0.05) is 44.0 Å². The Morgan fingerprint density at radius 3 is 2.53 bits per heavy atom. The van der Waals surface area contributed by atoms with Gasteiger partial charge in [0.2, 0.25) is 0 Å². The van der Waals surface area contributed by atoms with Crippen molar-refractivity contribution in [2.45, 2.75) is 57.2 Å². The molecule has 0 N–H and O–H groups in total. The van der Waals surface area contributed by atoms with Crippen LogP contribution in [0.25, 0.3) is 0 Å². The lowest BCUT2D eigenvalue weighted by Gasteiger charge is -2.26. The highest BCUT2D eigenvalue weighted by atomic mass is 35.5. The van der Waals surface area contributed by atoms with E-state index >= 15 is 0 Å². The average Bonchev–Trinajstić information content (AvgIpc) is 3.07. The van der Waals surface area contributed by atoms with Gasteiger partial charge in [0.25, 0.3) is 0 Å². The van der Waals surface area contributed by atoms with E-state index in [0.29, 0.717) is 0 Å². The van der Waals surface area contributed by atoms with Crippen molar-refractivity contribution < 1.29 is 0 Å². The fourth-order valence-electron chi connectivity index (χ4n) is 4.15. The predicted octanol–water partition coefficient (Wildman–Crippen LogP) is 5.75. The Morgan fingerprint density at radius 2 is 1.95 bits per heavy atom. The smallest absolute Gasteiger partial charge is 0.0616 e. The van der Waals surface area contributed by atoms with Crippen LogP contribution in [0, 0.1) is 17.8 Å². The maximum Gasteiger partial charge on any atom is 0.0616 e. The molecule has 4 unspecified atom stereocenters. The van der Waals surface area contributed by atoms with Crippen molar-refractivity contribution in [3.05, 3.63) is 35.4 Å². The summed E-state index contributed by atoms with van der Waals surface area (Å²) < 4.78 is 0. The van der Waals surface area contributed by atoms with Crippen LogP contribution in [-0.4, -0.2) is 0 Å². The van der Waals surface area contributed by atoms with Gasteiger partial charge in [0, 0.05) is 0 Å². The predicted molar refractivity (Wildman–Crippen MR) is 82.6 cm³/mol. The zero-order valence-electron chi connectivity index (χ0n) is 11.9. The monoisotopic (exact) mass is 276 g/mol. The number of hydrogen-bond acceptors (Lipinski definition) is 0. The maximum absolute atomic E-state index is 6.76. The van der Waals surface area contributed by atoms with Gasteiger partial charge in [-0.25, -0.2) is 0 Å². The van der Waals surface area contributed by atoms with Crippen LogP contribution < -0.4 is 0 Å². The Hall–Kier alpha value is -0.490. The zero-order valence-corrected chi connectivity index (χ0v) is 12.7. The summed E-state index contributed by atoms with van der Waals surface area (Å²) in [6.07, 6.45) is 9.46. The molecule has 0 nitrogen and oxygen atoms in total. The van der Waals surface area contributed by atoms with Crippen LogP contribution in [0.3, 0.4) is 0 Å². The first-order valence-electron chi connectivity index (χ1n) is 8.01. The Kier molecular flexibility index (Phi) is 4.17. The number of unbranched alkanes of at least 4 members (excludes halogenated alkanes) is 1. The number of aryl methyl sites for hydroxylation is 1. The van der Waals surface area contributed by atoms with E-state index in [1.165, 1.54) is 56.1 Å². The average molecular weight is 277 g/mol. The van der Waals surface area contributed by atoms with E-state index < -0.39 is 0 Å². The minimum atomic E-state index is 0.246. The summed E-state index contributed by atoms with van der Waals surface area (Å²) in [6, 6.07) is 9.12. The lowest BCUT2D eigenvalue weighted by Crippen LogP contribution is -2.15. The molecular weight excluding hydrogens is 252 g/mol. The first-order chi connectivity index (χ1) is 9.28. The third-order valence-electron chi connectivity index (χ3n) is 5.29. The second kappa shape index (κ2) is 5.87. The Bertz CT molecular complexity index is 408. The molecule has 2 aliphatic rings. The third-order valence-corrected chi connectivity index (χ3v) is 5.86. The fourth-order valence-corrected chi connectivity index (χ4v) is 4.60. The standard InChI is InChI=1S/C18H25Cl/c1-2-3-4-13-5-8-15(9-6-13)18(19)17-12-14-7-10-16(17)11-14/h5-6,8-9,14,16-18H,2-4,7,10-12H2,1H3. The van der Waals surface area contributed by atoms with Gasteiger partial charge in [0.15, 0.2) is 0 Å². The van der Waals surface area contributed by atoms with Gasteiger partial charge in [-0.15, -0.1) is 11.6 Å². The molecule has 0 spiro atoms. The van der Waals surface area contributed by atoms with Gasteiger partial charge in [-0.3, -0.25) is 0 Å². The summed E-state index contributed by atoms with van der Waals surface area (Å²) in [7, 11) is 0. The zero-order chi connectivity index (χ0) is 13.2. The molecule has 4 atom stereocenters. The van der Waals surface area contributed by atoms with Crippen LogP contribution in [0.1, 0.15) is 62.0 Å². The third kappa shape index (κ3) is 2.84. The van der Waals surface area contributed by atoms with E-state index in [1.807, 2.05) is 0 Å². The molecule has 1 heteroatoms. The first kappa shape index (κ1) is 13.5. The minimum Gasteiger partial charge on any atom is -0.118 e. The molecule has 19 heavy (non-hydrogen) atoms. The number of hydrogen-bond donors (Lipinski definition) is 0. The number of alkyl halides is 1. The number of benzene rings is 1. The normalized spacial score (nSPS) is 30.7. The van der Waals surface area contributed by atoms with Crippen molar-refractivity contribution in [2.24, 2.45) is 17.8 Å². The molecule has 0 aliphatic heterocycles. The Labute approximate surface area is 122 Å². The van der Waals surface area contributed by atoms with Gasteiger partial charge in [0.1, 0.15) is 0 Å². The highest BCUT2D eigenvalue weighted by Gasteiger charge is 2.42. The summed E-state index contributed by atoms with van der Waals surface area (Å²) >= 11 is 6.76. The minimum absolute atomic E-state index is 0.246. The van der Waals surface area contributed by atoms with Crippen LogP contribution in [0.2, 0.25) is 0 Å². The summed E-state index contributed by atoms with van der Waals surface area (Å²) in [5.41, 5.74) is 2.81.